The highest BCUT2D eigenvalue weighted by Crippen LogP contribution is 2.11. The second kappa shape index (κ2) is 6.80. The molecule has 0 aliphatic rings. The van der Waals surface area contributed by atoms with Crippen molar-refractivity contribution < 1.29 is 14.7 Å². The molecule has 110 valence electrons. The van der Waals surface area contributed by atoms with E-state index in [4.69, 9.17) is 16.7 Å². The molecule has 0 radical (unpaired) electrons. The van der Waals surface area contributed by atoms with Gasteiger partial charge in [-0.3, -0.25) is 9.59 Å². The fourth-order valence-corrected chi connectivity index (χ4v) is 1.82. The number of amides is 1. The van der Waals surface area contributed by atoms with E-state index in [1.807, 2.05) is 0 Å². The van der Waals surface area contributed by atoms with Crippen LogP contribution in [0.5, 0.6) is 0 Å². The predicted octanol–water partition coefficient (Wildman–Crippen LogP) is 0.440. The van der Waals surface area contributed by atoms with Crippen molar-refractivity contribution in [3.05, 3.63) is 41.2 Å². The lowest BCUT2D eigenvalue weighted by Gasteiger charge is -2.20. The normalized spacial score (nSPS) is 10.3. The third kappa shape index (κ3) is 4.53. The molecule has 8 nitrogen and oxygen atoms in total. The first-order chi connectivity index (χ1) is 10.0. The Morgan fingerprint density at radius 1 is 1.29 bits per heavy atom. The van der Waals surface area contributed by atoms with E-state index in [1.165, 1.54) is 15.9 Å². The number of hydrogen-bond donors (Lipinski definition) is 1. The molecule has 0 atom stereocenters. The maximum absolute atomic E-state index is 12.1. The molecule has 2 rings (SSSR count). The minimum atomic E-state index is -1.09. The van der Waals surface area contributed by atoms with Crippen molar-refractivity contribution in [2.24, 2.45) is 0 Å². The van der Waals surface area contributed by atoms with Crippen LogP contribution in [-0.4, -0.2) is 48.6 Å². The number of hydrogen-bond acceptors (Lipinski definition) is 5. The number of nitrogens with zero attached hydrogens (tertiary/aromatic N) is 5. The molecule has 1 aromatic heterocycles. The molecular weight excluding hydrogens is 298 g/mol. The number of carbonyl (C=O) groups is 2. The second-order valence-corrected chi connectivity index (χ2v) is 4.71. The van der Waals surface area contributed by atoms with Gasteiger partial charge in [0.15, 0.2) is 0 Å². The molecule has 21 heavy (non-hydrogen) atoms. The molecule has 0 fully saturated rings. The first-order valence-corrected chi connectivity index (χ1v) is 6.37. The van der Waals surface area contributed by atoms with Crippen LogP contribution in [-0.2, 0) is 22.7 Å². The summed E-state index contributed by atoms with van der Waals surface area (Å²) < 4.78 is 1.24. The molecule has 0 unspecified atom stereocenters. The minimum absolute atomic E-state index is 0.117. The van der Waals surface area contributed by atoms with Crippen LogP contribution < -0.4 is 0 Å². The van der Waals surface area contributed by atoms with E-state index in [9.17, 15) is 9.59 Å². The van der Waals surface area contributed by atoms with Crippen LogP contribution in [0.1, 0.15) is 5.56 Å². The van der Waals surface area contributed by atoms with Gasteiger partial charge < -0.3 is 10.0 Å². The highest BCUT2D eigenvalue weighted by molar-refractivity contribution is 6.30. The van der Waals surface area contributed by atoms with E-state index in [2.05, 4.69) is 15.5 Å². The Bertz CT molecular complexity index is 614. The van der Waals surface area contributed by atoms with Crippen molar-refractivity contribution in [2.75, 3.05) is 6.54 Å². The van der Waals surface area contributed by atoms with E-state index >= 15 is 0 Å². The van der Waals surface area contributed by atoms with E-state index in [1.54, 1.807) is 24.3 Å². The third-order valence-electron chi connectivity index (χ3n) is 2.65. The van der Waals surface area contributed by atoms with Gasteiger partial charge in [-0.2, -0.15) is 0 Å². The Hall–Kier alpha value is -2.48. The lowest BCUT2D eigenvalue weighted by molar-refractivity contribution is -0.145. The summed E-state index contributed by atoms with van der Waals surface area (Å²) >= 11 is 5.79. The maximum Gasteiger partial charge on any atom is 0.323 e. The predicted molar refractivity (Wildman–Crippen MR) is 72.3 cm³/mol. The summed E-state index contributed by atoms with van der Waals surface area (Å²) in [5, 5.41) is 19.9. The minimum Gasteiger partial charge on any atom is -0.480 e. The zero-order valence-corrected chi connectivity index (χ0v) is 11.6. The molecule has 0 saturated carbocycles. The van der Waals surface area contributed by atoms with Crippen molar-refractivity contribution in [3.8, 4) is 0 Å². The van der Waals surface area contributed by atoms with E-state index in [-0.39, 0.29) is 19.0 Å². The van der Waals surface area contributed by atoms with E-state index in [0.29, 0.717) is 5.02 Å². The van der Waals surface area contributed by atoms with Crippen molar-refractivity contribution in [1.82, 2.24) is 25.1 Å². The van der Waals surface area contributed by atoms with Gasteiger partial charge in [-0.15, -0.1) is 5.10 Å². The van der Waals surface area contributed by atoms with Crippen molar-refractivity contribution >= 4 is 23.5 Å². The Morgan fingerprint density at radius 2 is 2.00 bits per heavy atom. The second-order valence-electron chi connectivity index (χ2n) is 4.28. The smallest absolute Gasteiger partial charge is 0.323 e. The summed E-state index contributed by atoms with van der Waals surface area (Å²) in [6, 6.07) is 6.84. The molecule has 1 aromatic carbocycles. The zero-order chi connectivity index (χ0) is 15.2. The average Bonchev–Trinajstić information content (AvgIpc) is 2.93. The molecular formula is C12H12ClN5O3. The lowest BCUT2D eigenvalue weighted by Crippen LogP contribution is -2.37. The van der Waals surface area contributed by atoms with Gasteiger partial charge in [0.05, 0.1) is 0 Å². The SMILES string of the molecule is O=C(O)CN(Cc1ccc(Cl)cc1)C(=O)Cn1cnnn1. The molecule has 1 N–H and O–H groups in total. The topological polar surface area (TPSA) is 101 Å². The van der Waals surface area contributed by atoms with Crippen LogP contribution in [0.2, 0.25) is 5.02 Å². The number of carbonyl (C=O) groups excluding carboxylic acids is 1. The highest BCUT2D eigenvalue weighted by atomic mass is 35.5. The summed E-state index contributed by atoms with van der Waals surface area (Å²) in [5.74, 6) is -1.48. The number of rotatable bonds is 6. The van der Waals surface area contributed by atoms with E-state index < -0.39 is 12.5 Å². The van der Waals surface area contributed by atoms with Crippen LogP contribution in [0.3, 0.4) is 0 Å². The van der Waals surface area contributed by atoms with Crippen LogP contribution >= 0.6 is 11.6 Å². The van der Waals surface area contributed by atoms with E-state index in [0.717, 1.165) is 5.56 Å². The van der Waals surface area contributed by atoms with Crippen molar-refractivity contribution in [3.63, 3.8) is 0 Å². The molecule has 0 bridgehead atoms. The Balaban J connectivity index is 2.07. The van der Waals surface area contributed by atoms with Gasteiger partial charge in [0.25, 0.3) is 0 Å². The number of carboxylic acid groups (broad SMARTS) is 1. The number of tetrazole rings is 1. The number of aromatic nitrogens is 4. The van der Waals surface area contributed by atoms with Gasteiger partial charge in [0.1, 0.15) is 19.4 Å². The molecule has 1 heterocycles. The quantitative estimate of drug-likeness (QED) is 0.831. The molecule has 2 aromatic rings. The van der Waals surface area contributed by atoms with Gasteiger partial charge in [-0.1, -0.05) is 23.7 Å². The average molecular weight is 310 g/mol. The Morgan fingerprint density at radius 3 is 2.57 bits per heavy atom. The van der Waals surface area contributed by atoms with Crippen LogP contribution in [0.4, 0.5) is 0 Å². The summed E-state index contributed by atoms with van der Waals surface area (Å²) in [5.41, 5.74) is 0.783. The summed E-state index contributed by atoms with van der Waals surface area (Å²) in [6.07, 6.45) is 1.29. The van der Waals surface area contributed by atoms with Crippen molar-refractivity contribution in [1.29, 1.82) is 0 Å². The lowest BCUT2D eigenvalue weighted by atomic mass is 10.2. The van der Waals surface area contributed by atoms with Gasteiger partial charge in [0.2, 0.25) is 5.91 Å². The summed E-state index contributed by atoms with van der Waals surface area (Å²) in [4.78, 5) is 24.3. The first-order valence-electron chi connectivity index (χ1n) is 5.99. The Kier molecular flexibility index (Phi) is 4.83. The molecule has 0 spiro atoms. The van der Waals surface area contributed by atoms with Crippen molar-refractivity contribution in [2.45, 2.75) is 13.1 Å². The van der Waals surface area contributed by atoms with Gasteiger partial charge in [-0.05, 0) is 28.1 Å². The fourth-order valence-electron chi connectivity index (χ4n) is 1.70. The standard InChI is InChI=1S/C12H12ClN5O3/c13-10-3-1-9(2-4-10)5-17(7-12(20)21)11(19)6-18-8-14-15-16-18/h1-4,8H,5-7H2,(H,20,21). The zero-order valence-electron chi connectivity index (χ0n) is 10.9. The van der Waals surface area contributed by atoms with Crippen LogP contribution in [0.15, 0.2) is 30.6 Å². The molecule has 0 saturated heterocycles. The Labute approximate surface area is 124 Å². The molecule has 0 aliphatic heterocycles. The fraction of sp³-hybridized carbons (Fsp3) is 0.250. The summed E-state index contributed by atoms with van der Waals surface area (Å²) in [7, 11) is 0. The number of benzene rings is 1. The number of carboxylic acids is 1. The number of aliphatic carboxylic acids is 1. The van der Waals surface area contributed by atoms with Gasteiger partial charge in [-0.25, -0.2) is 4.68 Å². The number of halogens is 1. The molecule has 9 heteroatoms. The highest BCUT2D eigenvalue weighted by Gasteiger charge is 2.18. The van der Waals surface area contributed by atoms with Gasteiger partial charge in [0, 0.05) is 11.6 Å². The maximum atomic E-state index is 12.1. The largest absolute Gasteiger partial charge is 0.480 e. The van der Waals surface area contributed by atoms with Crippen LogP contribution in [0, 0.1) is 0 Å². The van der Waals surface area contributed by atoms with Crippen LogP contribution in [0.25, 0.3) is 0 Å². The monoisotopic (exact) mass is 309 g/mol. The van der Waals surface area contributed by atoms with Gasteiger partial charge >= 0.3 is 5.97 Å². The summed E-state index contributed by atoms with van der Waals surface area (Å²) in [6.45, 7) is -0.345. The first kappa shape index (κ1) is 14.9. The molecule has 0 aliphatic carbocycles. The third-order valence-corrected chi connectivity index (χ3v) is 2.91. The molecule has 1 amide bonds.